The van der Waals surface area contributed by atoms with E-state index in [4.69, 9.17) is 9.47 Å². The van der Waals surface area contributed by atoms with Crippen molar-refractivity contribution in [3.05, 3.63) is 0 Å². The standard InChI is InChI=1S/C22H42O4/c1-5-25-21(23)18-16-14-12-10-8-7-9-11-13-15-17-19(3)20(4)22(24)26-6-2/h19-20H,5-18H2,1-4H3. The van der Waals surface area contributed by atoms with E-state index in [0.29, 0.717) is 25.6 Å². The lowest BCUT2D eigenvalue weighted by molar-refractivity contribution is -0.149. The molecule has 0 spiro atoms. The minimum absolute atomic E-state index is 0.0128. The predicted octanol–water partition coefficient (Wildman–Crippen LogP) is 6.07. The van der Waals surface area contributed by atoms with E-state index in [1.807, 2.05) is 20.8 Å². The van der Waals surface area contributed by atoms with E-state index in [1.54, 1.807) is 0 Å². The van der Waals surface area contributed by atoms with Crippen LogP contribution in [0.3, 0.4) is 0 Å². The molecule has 2 unspecified atom stereocenters. The smallest absolute Gasteiger partial charge is 0.308 e. The molecule has 0 rings (SSSR count). The van der Waals surface area contributed by atoms with Crippen LogP contribution in [-0.2, 0) is 19.1 Å². The zero-order valence-electron chi connectivity index (χ0n) is 17.7. The number of hydrogen-bond donors (Lipinski definition) is 0. The zero-order chi connectivity index (χ0) is 19.6. The Hall–Kier alpha value is -1.06. The Balaban J connectivity index is 3.36. The van der Waals surface area contributed by atoms with Crippen molar-refractivity contribution in [3.63, 3.8) is 0 Å². The Morgan fingerprint density at radius 2 is 1.15 bits per heavy atom. The van der Waals surface area contributed by atoms with Gasteiger partial charge in [0.25, 0.3) is 0 Å². The minimum atomic E-state index is -0.0570. The Morgan fingerprint density at radius 1 is 0.692 bits per heavy atom. The van der Waals surface area contributed by atoms with Crippen LogP contribution < -0.4 is 0 Å². The molecule has 0 fully saturated rings. The van der Waals surface area contributed by atoms with Crippen LogP contribution in [0.2, 0.25) is 0 Å². The number of rotatable bonds is 17. The molecule has 2 atom stereocenters. The van der Waals surface area contributed by atoms with E-state index in [9.17, 15) is 9.59 Å². The second-order valence-corrected chi connectivity index (χ2v) is 7.40. The summed E-state index contributed by atoms with van der Waals surface area (Å²) in [4.78, 5) is 22.9. The molecular formula is C22H42O4. The third-order valence-corrected chi connectivity index (χ3v) is 5.11. The summed E-state index contributed by atoms with van der Waals surface area (Å²) in [5.74, 6) is 0.308. The first-order valence-electron chi connectivity index (χ1n) is 10.8. The van der Waals surface area contributed by atoms with Crippen LogP contribution in [0, 0.1) is 11.8 Å². The lowest BCUT2D eigenvalue weighted by Crippen LogP contribution is -2.21. The summed E-state index contributed by atoms with van der Waals surface area (Å²) >= 11 is 0. The van der Waals surface area contributed by atoms with Gasteiger partial charge in [-0.1, -0.05) is 71.6 Å². The summed E-state index contributed by atoms with van der Waals surface area (Å²) in [6.07, 6.45) is 14.0. The van der Waals surface area contributed by atoms with Gasteiger partial charge in [-0.05, 0) is 32.6 Å². The van der Waals surface area contributed by atoms with Gasteiger partial charge < -0.3 is 9.47 Å². The Labute approximate surface area is 161 Å². The average molecular weight is 371 g/mol. The number of hydrogen-bond acceptors (Lipinski definition) is 4. The molecule has 0 radical (unpaired) electrons. The summed E-state index contributed by atoms with van der Waals surface area (Å²) in [6, 6.07) is 0. The van der Waals surface area contributed by atoms with Crippen molar-refractivity contribution in [2.45, 2.75) is 105 Å². The molecule has 0 saturated heterocycles. The largest absolute Gasteiger partial charge is 0.466 e. The summed E-state index contributed by atoms with van der Waals surface area (Å²) in [6.45, 7) is 8.81. The molecule has 0 heterocycles. The van der Waals surface area contributed by atoms with Crippen molar-refractivity contribution >= 4 is 11.9 Å². The fourth-order valence-electron chi connectivity index (χ4n) is 3.14. The molecule has 0 amide bonds. The fourth-order valence-corrected chi connectivity index (χ4v) is 3.14. The highest BCUT2D eigenvalue weighted by molar-refractivity contribution is 5.72. The molecule has 0 aliphatic rings. The normalized spacial score (nSPS) is 13.2. The molecule has 4 nitrogen and oxygen atoms in total. The van der Waals surface area contributed by atoms with Gasteiger partial charge in [0, 0.05) is 6.42 Å². The van der Waals surface area contributed by atoms with Crippen molar-refractivity contribution in [3.8, 4) is 0 Å². The second-order valence-electron chi connectivity index (χ2n) is 7.40. The molecule has 0 bridgehead atoms. The summed E-state index contributed by atoms with van der Waals surface area (Å²) in [5.41, 5.74) is 0. The van der Waals surface area contributed by atoms with Gasteiger partial charge in [-0.15, -0.1) is 0 Å². The summed E-state index contributed by atoms with van der Waals surface area (Å²) < 4.78 is 10.0. The van der Waals surface area contributed by atoms with Gasteiger partial charge in [-0.25, -0.2) is 0 Å². The van der Waals surface area contributed by atoms with Crippen LogP contribution in [0.1, 0.15) is 105 Å². The maximum atomic E-state index is 11.7. The molecule has 26 heavy (non-hydrogen) atoms. The van der Waals surface area contributed by atoms with Crippen LogP contribution in [0.15, 0.2) is 0 Å². The lowest BCUT2D eigenvalue weighted by Gasteiger charge is -2.18. The van der Waals surface area contributed by atoms with Crippen LogP contribution in [-0.4, -0.2) is 25.2 Å². The van der Waals surface area contributed by atoms with Crippen molar-refractivity contribution in [1.29, 1.82) is 0 Å². The van der Waals surface area contributed by atoms with Crippen LogP contribution in [0.5, 0.6) is 0 Å². The third kappa shape index (κ3) is 14.1. The molecule has 154 valence electrons. The first-order chi connectivity index (χ1) is 12.5. The van der Waals surface area contributed by atoms with E-state index in [-0.39, 0.29) is 17.9 Å². The topological polar surface area (TPSA) is 52.6 Å². The Kier molecular flexibility index (Phi) is 16.7. The zero-order valence-corrected chi connectivity index (χ0v) is 17.7. The highest BCUT2D eigenvalue weighted by Crippen LogP contribution is 2.20. The number of unbranched alkanes of at least 4 members (excludes halogenated alkanes) is 9. The molecular weight excluding hydrogens is 328 g/mol. The summed E-state index contributed by atoms with van der Waals surface area (Å²) in [7, 11) is 0. The number of carbonyl (C=O) groups excluding carboxylic acids is 2. The number of ether oxygens (including phenoxy) is 2. The minimum Gasteiger partial charge on any atom is -0.466 e. The summed E-state index contributed by atoms with van der Waals surface area (Å²) in [5, 5.41) is 0. The van der Waals surface area contributed by atoms with Gasteiger partial charge >= 0.3 is 11.9 Å². The Morgan fingerprint density at radius 3 is 1.65 bits per heavy atom. The quantitative estimate of drug-likeness (QED) is 0.230. The predicted molar refractivity (Wildman–Crippen MR) is 107 cm³/mol. The van der Waals surface area contributed by atoms with Gasteiger partial charge in [0.15, 0.2) is 0 Å². The highest BCUT2D eigenvalue weighted by atomic mass is 16.5. The molecule has 0 aromatic heterocycles. The molecule has 4 heteroatoms. The van der Waals surface area contributed by atoms with Gasteiger partial charge in [-0.2, -0.15) is 0 Å². The first kappa shape index (κ1) is 24.9. The molecule has 0 aliphatic carbocycles. The monoisotopic (exact) mass is 370 g/mol. The maximum absolute atomic E-state index is 11.7. The van der Waals surface area contributed by atoms with Crippen LogP contribution in [0.25, 0.3) is 0 Å². The number of esters is 2. The fraction of sp³-hybridized carbons (Fsp3) is 0.909. The molecule has 0 N–H and O–H groups in total. The Bertz CT molecular complexity index is 354. The highest BCUT2D eigenvalue weighted by Gasteiger charge is 2.20. The van der Waals surface area contributed by atoms with Crippen molar-refractivity contribution < 1.29 is 19.1 Å². The van der Waals surface area contributed by atoms with Gasteiger partial charge in [0.2, 0.25) is 0 Å². The molecule has 0 aromatic rings. The lowest BCUT2D eigenvalue weighted by atomic mass is 9.90. The van der Waals surface area contributed by atoms with E-state index in [0.717, 1.165) is 19.3 Å². The van der Waals surface area contributed by atoms with Gasteiger partial charge in [0.05, 0.1) is 19.1 Å². The number of carbonyl (C=O) groups is 2. The van der Waals surface area contributed by atoms with Crippen molar-refractivity contribution in [2.75, 3.05) is 13.2 Å². The molecule has 0 saturated carbocycles. The van der Waals surface area contributed by atoms with E-state index in [1.165, 1.54) is 51.4 Å². The van der Waals surface area contributed by atoms with Gasteiger partial charge in [-0.3, -0.25) is 9.59 Å². The third-order valence-electron chi connectivity index (χ3n) is 5.11. The van der Waals surface area contributed by atoms with E-state index < -0.39 is 0 Å². The van der Waals surface area contributed by atoms with Crippen LogP contribution >= 0.6 is 0 Å². The van der Waals surface area contributed by atoms with E-state index >= 15 is 0 Å². The second kappa shape index (κ2) is 17.4. The van der Waals surface area contributed by atoms with Crippen molar-refractivity contribution in [2.24, 2.45) is 11.8 Å². The van der Waals surface area contributed by atoms with Crippen LogP contribution in [0.4, 0.5) is 0 Å². The van der Waals surface area contributed by atoms with E-state index in [2.05, 4.69) is 6.92 Å². The maximum Gasteiger partial charge on any atom is 0.308 e. The van der Waals surface area contributed by atoms with Crippen molar-refractivity contribution in [1.82, 2.24) is 0 Å². The first-order valence-corrected chi connectivity index (χ1v) is 10.8. The average Bonchev–Trinajstić information content (AvgIpc) is 2.62. The SMILES string of the molecule is CCOC(=O)CCCCCCCCCCCCC(C)C(C)C(=O)OCC. The molecule has 0 aliphatic heterocycles. The van der Waals surface area contributed by atoms with Gasteiger partial charge in [0.1, 0.15) is 0 Å². The molecule has 0 aromatic carbocycles.